The first-order valence-electron chi connectivity index (χ1n) is 11.4. The second-order valence-corrected chi connectivity index (χ2v) is 8.24. The molecule has 0 heterocycles. The van der Waals surface area contributed by atoms with Gasteiger partial charge in [-0.3, -0.25) is 0 Å². The Bertz CT molecular complexity index is 349. The van der Waals surface area contributed by atoms with E-state index in [-0.39, 0.29) is 13.0 Å². The Morgan fingerprint density at radius 2 is 1.33 bits per heavy atom. The minimum absolute atomic E-state index is 0.210. The van der Waals surface area contributed by atoms with Gasteiger partial charge in [0.2, 0.25) is 0 Å². The number of rotatable bonds is 19. The van der Waals surface area contributed by atoms with Crippen molar-refractivity contribution in [2.45, 2.75) is 128 Å². The Hall–Kier alpha value is -0.420. The van der Waals surface area contributed by atoms with E-state index in [1.807, 2.05) is 13.0 Å². The Morgan fingerprint density at radius 1 is 0.815 bits per heavy atom. The van der Waals surface area contributed by atoms with Gasteiger partial charge in [0.05, 0.1) is 24.4 Å². The van der Waals surface area contributed by atoms with Gasteiger partial charge in [-0.05, 0) is 25.7 Å². The van der Waals surface area contributed by atoms with Crippen LogP contribution in [-0.2, 0) is 0 Å². The fraction of sp³-hybridized carbons (Fsp3) is 0.913. The number of hydrogen-bond acceptors (Lipinski definition) is 4. The highest BCUT2D eigenvalue weighted by Gasteiger charge is 2.33. The zero-order chi connectivity index (χ0) is 20.4. The third kappa shape index (κ3) is 14.3. The van der Waals surface area contributed by atoms with E-state index in [2.05, 4.69) is 6.92 Å². The van der Waals surface area contributed by atoms with Crippen molar-refractivity contribution < 1.29 is 15.3 Å². The van der Waals surface area contributed by atoms with Crippen molar-refractivity contribution in [3.8, 4) is 0 Å². The van der Waals surface area contributed by atoms with E-state index in [4.69, 9.17) is 5.73 Å². The van der Waals surface area contributed by atoms with Gasteiger partial charge in [-0.15, -0.1) is 0 Å². The van der Waals surface area contributed by atoms with Gasteiger partial charge in [0.15, 0.2) is 0 Å². The molecule has 162 valence electrons. The SMILES string of the molecule is CCCCCCCCCCCCCC=CC(O)C(N)(CO)CC(O)CCC. The van der Waals surface area contributed by atoms with E-state index in [9.17, 15) is 15.3 Å². The average molecular weight is 386 g/mol. The summed E-state index contributed by atoms with van der Waals surface area (Å²) >= 11 is 0. The molecule has 3 atom stereocenters. The molecule has 0 aliphatic rings. The molecule has 0 aromatic rings. The molecule has 0 amide bonds. The highest BCUT2D eigenvalue weighted by molar-refractivity contribution is 5.04. The lowest BCUT2D eigenvalue weighted by Gasteiger charge is -2.32. The van der Waals surface area contributed by atoms with E-state index < -0.39 is 17.7 Å². The van der Waals surface area contributed by atoms with Crippen LogP contribution in [0.2, 0.25) is 0 Å². The molecule has 0 saturated carbocycles. The number of aliphatic hydroxyl groups excluding tert-OH is 3. The molecule has 4 heteroatoms. The number of hydrogen-bond donors (Lipinski definition) is 4. The van der Waals surface area contributed by atoms with Gasteiger partial charge in [0, 0.05) is 0 Å². The Kier molecular flexibility index (Phi) is 17.4. The van der Waals surface area contributed by atoms with Crippen LogP contribution in [0.15, 0.2) is 12.2 Å². The molecule has 0 rings (SSSR count). The highest BCUT2D eigenvalue weighted by Crippen LogP contribution is 2.19. The van der Waals surface area contributed by atoms with Gasteiger partial charge >= 0.3 is 0 Å². The normalized spacial score (nSPS) is 16.5. The van der Waals surface area contributed by atoms with E-state index in [0.29, 0.717) is 6.42 Å². The number of aliphatic hydroxyl groups is 3. The molecule has 0 aliphatic carbocycles. The third-order valence-electron chi connectivity index (χ3n) is 5.41. The maximum Gasteiger partial charge on any atom is 0.0923 e. The maximum absolute atomic E-state index is 10.3. The smallest absolute Gasteiger partial charge is 0.0923 e. The van der Waals surface area contributed by atoms with Crippen LogP contribution >= 0.6 is 0 Å². The van der Waals surface area contributed by atoms with Crippen molar-refractivity contribution in [3.05, 3.63) is 12.2 Å². The molecule has 3 unspecified atom stereocenters. The monoisotopic (exact) mass is 385 g/mol. The molecule has 0 aromatic heterocycles. The zero-order valence-corrected chi connectivity index (χ0v) is 18.0. The van der Waals surface area contributed by atoms with Crippen molar-refractivity contribution in [2.75, 3.05) is 6.61 Å². The molecular formula is C23H47NO3. The first-order chi connectivity index (χ1) is 13.0. The summed E-state index contributed by atoms with van der Waals surface area (Å²) in [7, 11) is 0. The Morgan fingerprint density at radius 3 is 1.81 bits per heavy atom. The predicted molar refractivity (Wildman–Crippen MR) is 116 cm³/mol. The molecule has 0 aromatic carbocycles. The van der Waals surface area contributed by atoms with Crippen molar-refractivity contribution in [1.29, 1.82) is 0 Å². The minimum Gasteiger partial charge on any atom is -0.394 e. The average Bonchev–Trinajstić information content (AvgIpc) is 2.65. The van der Waals surface area contributed by atoms with Crippen LogP contribution in [0.1, 0.15) is 110 Å². The van der Waals surface area contributed by atoms with Crippen LogP contribution in [0.5, 0.6) is 0 Å². The van der Waals surface area contributed by atoms with Crippen molar-refractivity contribution >= 4 is 0 Å². The van der Waals surface area contributed by atoms with Crippen molar-refractivity contribution in [2.24, 2.45) is 5.73 Å². The van der Waals surface area contributed by atoms with Crippen molar-refractivity contribution in [1.82, 2.24) is 0 Å². The molecule has 0 spiro atoms. The van der Waals surface area contributed by atoms with E-state index in [1.54, 1.807) is 6.08 Å². The van der Waals surface area contributed by atoms with Gasteiger partial charge in [-0.25, -0.2) is 0 Å². The largest absolute Gasteiger partial charge is 0.394 e. The molecule has 0 aliphatic heterocycles. The molecule has 27 heavy (non-hydrogen) atoms. The molecule has 0 radical (unpaired) electrons. The standard InChI is InChI=1S/C23H47NO3/c1-3-5-6-7-8-9-10-11-12-13-14-15-16-18-22(27)23(24,20-25)19-21(26)17-4-2/h16,18,21-22,25-27H,3-15,17,19-20,24H2,1-2H3. The van der Waals surface area contributed by atoms with Gasteiger partial charge in [0.1, 0.15) is 0 Å². The summed E-state index contributed by atoms with van der Waals surface area (Å²) < 4.78 is 0. The quantitative estimate of drug-likeness (QED) is 0.189. The third-order valence-corrected chi connectivity index (χ3v) is 5.41. The second-order valence-electron chi connectivity index (χ2n) is 8.24. The van der Waals surface area contributed by atoms with Crippen LogP contribution in [0.3, 0.4) is 0 Å². The van der Waals surface area contributed by atoms with Crippen LogP contribution in [0.25, 0.3) is 0 Å². The first kappa shape index (κ1) is 26.6. The Labute approximate surface area is 168 Å². The topological polar surface area (TPSA) is 86.7 Å². The molecule has 0 bridgehead atoms. The molecule has 4 nitrogen and oxygen atoms in total. The summed E-state index contributed by atoms with van der Waals surface area (Å²) in [5, 5.41) is 29.7. The fourth-order valence-electron chi connectivity index (χ4n) is 3.50. The lowest BCUT2D eigenvalue weighted by Crippen LogP contribution is -2.55. The maximum atomic E-state index is 10.3. The van der Waals surface area contributed by atoms with Gasteiger partial charge in [-0.2, -0.15) is 0 Å². The van der Waals surface area contributed by atoms with Crippen LogP contribution in [-0.4, -0.2) is 39.7 Å². The van der Waals surface area contributed by atoms with Crippen LogP contribution in [0, 0.1) is 0 Å². The van der Waals surface area contributed by atoms with Crippen molar-refractivity contribution in [3.63, 3.8) is 0 Å². The first-order valence-corrected chi connectivity index (χ1v) is 11.4. The van der Waals surface area contributed by atoms with Gasteiger partial charge < -0.3 is 21.1 Å². The van der Waals surface area contributed by atoms with Crippen LogP contribution < -0.4 is 5.73 Å². The molecule has 0 saturated heterocycles. The summed E-state index contributed by atoms with van der Waals surface area (Å²) in [4.78, 5) is 0. The fourth-order valence-corrected chi connectivity index (χ4v) is 3.50. The second kappa shape index (κ2) is 17.7. The number of nitrogens with two attached hydrogens (primary N) is 1. The molecular weight excluding hydrogens is 338 g/mol. The summed E-state index contributed by atoms with van der Waals surface area (Å²) in [6.45, 7) is 3.91. The van der Waals surface area contributed by atoms with Crippen LogP contribution in [0.4, 0.5) is 0 Å². The highest BCUT2D eigenvalue weighted by atomic mass is 16.3. The number of allylic oxidation sites excluding steroid dienone is 1. The van der Waals surface area contributed by atoms with Gasteiger partial charge in [0.25, 0.3) is 0 Å². The lowest BCUT2D eigenvalue weighted by molar-refractivity contribution is 0.0281. The number of unbranched alkanes of at least 4 members (excludes halogenated alkanes) is 11. The van der Waals surface area contributed by atoms with E-state index in [1.165, 1.54) is 64.2 Å². The summed E-state index contributed by atoms with van der Waals surface area (Å²) in [6.07, 6.45) is 19.3. The summed E-state index contributed by atoms with van der Waals surface area (Å²) in [5.41, 5.74) is 4.94. The molecule has 5 N–H and O–H groups in total. The summed E-state index contributed by atoms with van der Waals surface area (Å²) in [5.74, 6) is 0. The Balaban J connectivity index is 3.76. The van der Waals surface area contributed by atoms with E-state index >= 15 is 0 Å². The van der Waals surface area contributed by atoms with Gasteiger partial charge in [-0.1, -0.05) is 96.6 Å². The summed E-state index contributed by atoms with van der Waals surface area (Å²) in [6, 6.07) is 0. The predicted octanol–water partition coefficient (Wildman–Crippen LogP) is 4.85. The molecule has 0 fully saturated rings. The zero-order valence-electron chi connectivity index (χ0n) is 18.0. The minimum atomic E-state index is -1.16. The van der Waals surface area contributed by atoms with E-state index in [0.717, 1.165) is 19.3 Å². The lowest BCUT2D eigenvalue weighted by atomic mass is 9.86.